The number of ether oxygens (including phenoxy) is 1. The largest absolute Gasteiger partial charge is 0.496 e. The number of benzene rings is 2. The zero-order valence-corrected chi connectivity index (χ0v) is 15.7. The molecular weight excluding hydrogens is 423 g/mol. The maximum absolute atomic E-state index is 12.3. The molecule has 1 amide bonds. The van der Waals surface area contributed by atoms with Gasteiger partial charge < -0.3 is 10.1 Å². The number of hydrogen-bond acceptors (Lipinski definition) is 3. The minimum atomic E-state index is -0.435. The van der Waals surface area contributed by atoms with Crippen molar-refractivity contribution in [2.24, 2.45) is 0 Å². The number of carbonyl (C=O) groups excluding carboxylic acids is 1. The molecule has 2 aromatic rings. The van der Waals surface area contributed by atoms with E-state index in [2.05, 4.69) is 26.6 Å². The Kier molecular flexibility index (Phi) is 6.24. The first-order valence-electron chi connectivity index (χ1n) is 6.31. The number of anilines is 1. The summed E-state index contributed by atoms with van der Waals surface area (Å²) >= 11 is 20.5. The first-order chi connectivity index (χ1) is 10.9. The molecule has 0 saturated heterocycles. The molecule has 0 aromatic heterocycles. The van der Waals surface area contributed by atoms with Gasteiger partial charge in [0.1, 0.15) is 5.75 Å². The van der Waals surface area contributed by atoms with Gasteiger partial charge in [-0.05, 0) is 48.6 Å². The average Bonchev–Trinajstić information content (AvgIpc) is 2.50. The van der Waals surface area contributed by atoms with Gasteiger partial charge in [0.15, 0.2) is 5.11 Å². The molecule has 0 spiro atoms. The number of nitrogens with one attached hydrogen (secondary N) is 2. The van der Waals surface area contributed by atoms with Gasteiger partial charge in [0.25, 0.3) is 5.91 Å². The van der Waals surface area contributed by atoms with E-state index in [0.717, 1.165) is 4.47 Å². The first kappa shape index (κ1) is 18.0. The molecule has 0 unspecified atom stereocenters. The van der Waals surface area contributed by atoms with E-state index in [9.17, 15) is 4.79 Å². The second-order valence-electron chi connectivity index (χ2n) is 4.38. The second-order valence-corrected chi connectivity index (χ2v) is 6.54. The summed E-state index contributed by atoms with van der Waals surface area (Å²) in [4.78, 5) is 12.3. The van der Waals surface area contributed by atoms with Gasteiger partial charge in [-0.25, -0.2) is 0 Å². The highest BCUT2D eigenvalue weighted by atomic mass is 79.9. The lowest BCUT2D eigenvalue weighted by Gasteiger charge is -2.13. The highest BCUT2D eigenvalue weighted by Crippen LogP contribution is 2.26. The van der Waals surface area contributed by atoms with Crippen LogP contribution < -0.4 is 15.4 Å². The number of rotatable bonds is 3. The topological polar surface area (TPSA) is 50.4 Å². The highest BCUT2D eigenvalue weighted by molar-refractivity contribution is 9.10. The van der Waals surface area contributed by atoms with Gasteiger partial charge in [0.2, 0.25) is 0 Å². The molecule has 0 atom stereocenters. The Bertz CT molecular complexity index is 771. The van der Waals surface area contributed by atoms with Crippen LogP contribution in [0.4, 0.5) is 5.69 Å². The van der Waals surface area contributed by atoms with Crippen molar-refractivity contribution in [2.75, 3.05) is 12.4 Å². The fraction of sp³-hybridized carbons (Fsp3) is 0.0667. The molecule has 2 aromatic carbocycles. The molecule has 0 radical (unpaired) electrons. The number of methoxy groups -OCH3 is 1. The van der Waals surface area contributed by atoms with Crippen LogP contribution in [0.25, 0.3) is 0 Å². The van der Waals surface area contributed by atoms with Crippen molar-refractivity contribution in [3.63, 3.8) is 0 Å². The monoisotopic (exact) mass is 432 g/mol. The van der Waals surface area contributed by atoms with E-state index in [-0.39, 0.29) is 10.7 Å². The molecule has 0 bridgehead atoms. The third kappa shape index (κ3) is 4.81. The predicted molar refractivity (Wildman–Crippen MR) is 101 cm³/mol. The summed E-state index contributed by atoms with van der Waals surface area (Å²) in [6.07, 6.45) is 0. The number of halogens is 3. The minimum Gasteiger partial charge on any atom is -0.496 e. The summed E-state index contributed by atoms with van der Waals surface area (Å²) in [5, 5.41) is 6.43. The molecule has 120 valence electrons. The van der Waals surface area contributed by atoms with Crippen molar-refractivity contribution in [3.8, 4) is 5.75 Å². The lowest BCUT2D eigenvalue weighted by atomic mass is 10.2. The number of hydrogen-bond donors (Lipinski definition) is 2. The Morgan fingerprint density at radius 2 is 1.96 bits per heavy atom. The van der Waals surface area contributed by atoms with E-state index < -0.39 is 5.91 Å². The van der Waals surface area contributed by atoms with Crippen molar-refractivity contribution in [2.45, 2.75) is 0 Å². The SMILES string of the molecule is COc1ccc(Cl)cc1C(=O)NC(=S)Nc1ccc(Br)cc1Cl. The number of carbonyl (C=O) groups is 1. The maximum atomic E-state index is 12.3. The Morgan fingerprint density at radius 3 is 2.61 bits per heavy atom. The molecule has 0 aliphatic rings. The van der Waals surface area contributed by atoms with Crippen molar-refractivity contribution in [3.05, 3.63) is 56.5 Å². The Labute approximate surface area is 157 Å². The fourth-order valence-corrected chi connectivity index (χ4v) is 2.87. The second kappa shape index (κ2) is 7.97. The smallest absolute Gasteiger partial charge is 0.261 e. The number of thiocarbonyl (C=S) groups is 1. The zero-order valence-electron chi connectivity index (χ0n) is 11.8. The molecule has 2 N–H and O–H groups in total. The quantitative estimate of drug-likeness (QED) is 0.676. The summed E-state index contributed by atoms with van der Waals surface area (Å²) in [7, 11) is 1.47. The Morgan fingerprint density at radius 1 is 1.22 bits per heavy atom. The van der Waals surface area contributed by atoms with Crippen molar-refractivity contribution < 1.29 is 9.53 Å². The predicted octanol–water partition coefficient (Wildman–Crippen LogP) is 4.89. The van der Waals surface area contributed by atoms with Crippen LogP contribution in [0.5, 0.6) is 5.75 Å². The first-order valence-corrected chi connectivity index (χ1v) is 8.27. The summed E-state index contributed by atoms with van der Waals surface area (Å²) < 4.78 is 5.98. The van der Waals surface area contributed by atoms with Crippen molar-refractivity contribution in [1.29, 1.82) is 0 Å². The molecule has 0 fully saturated rings. The van der Waals surface area contributed by atoms with Gasteiger partial charge in [-0.2, -0.15) is 0 Å². The lowest BCUT2D eigenvalue weighted by molar-refractivity contribution is 0.0975. The van der Waals surface area contributed by atoms with Crippen LogP contribution in [-0.4, -0.2) is 18.1 Å². The molecule has 2 rings (SSSR count). The highest BCUT2D eigenvalue weighted by Gasteiger charge is 2.14. The van der Waals surface area contributed by atoms with Crippen LogP contribution in [0.2, 0.25) is 10.0 Å². The van der Waals surface area contributed by atoms with E-state index in [1.807, 2.05) is 0 Å². The summed E-state index contributed by atoms with van der Waals surface area (Å²) in [6.45, 7) is 0. The Hall–Kier alpha value is -1.34. The molecule has 23 heavy (non-hydrogen) atoms. The molecule has 4 nitrogen and oxygen atoms in total. The summed E-state index contributed by atoms with van der Waals surface area (Å²) in [6, 6.07) is 10.0. The molecule has 0 saturated carbocycles. The van der Waals surface area contributed by atoms with Crippen LogP contribution in [0.3, 0.4) is 0 Å². The van der Waals surface area contributed by atoms with Gasteiger partial charge >= 0.3 is 0 Å². The Balaban J connectivity index is 2.11. The van der Waals surface area contributed by atoms with E-state index in [1.54, 1.807) is 30.3 Å². The van der Waals surface area contributed by atoms with Crippen molar-refractivity contribution in [1.82, 2.24) is 5.32 Å². The van der Waals surface area contributed by atoms with Gasteiger partial charge in [-0.15, -0.1) is 0 Å². The molecular formula is C15H11BrCl2N2O2S. The van der Waals surface area contributed by atoms with Crippen LogP contribution in [0.15, 0.2) is 40.9 Å². The maximum Gasteiger partial charge on any atom is 0.261 e. The summed E-state index contributed by atoms with van der Waals surface area (Å²) in [5.41, 5.74) is 0.865. The molecule has 0 aliphatic heterocycles. The third-order valence-corrected chi connectivity index (χ3v) is 4.06. The van der Waals surface area contributed by atoms with E-state index in [0.29, 0.717) is 21.5 Å². The van der Waals surface area contributed by atoms with E-state index in [1.165, 1.54) is 13.2 Å². The van der Waals surface area contributed by atoms with Gasteiger partial charge in [0.05, 0.1) is 23.4 Å². The normalized spacial score (nSPS) is 10.1. The lowest BCUT2D eigenvalue weighted by Crippen LogP contribution is -2.34. The van der Waals surface area contributed by atoms with Crippen LogP contribution in [-0.2, 0) is 0 Å². The molecule has 0 aliphatic carbocycles. The number of amides is 1. The van der Waals surface area contributed by atoms with Gasteiger partial charge in [-0.3, -0.25) is 10.1 Å². The summed E-state index contributed by atoms with van der Waals surface area (Å²) in [5.74, 6) is -0.0357. The van der Waals surface area contributed by atoms with E-state index in [4.69, 9.17) is 40.2 Å². The van der Waals surface area contributed by atoms with Gasteiger partial charge in [0, 0.05) is 9.50 Å². The molecule has 8 heteroatoms. The van der Waals surface area contributed by atoms with Crippen LogP contribution in [0.1, 0.15) is 10.4 Å². The average molecular weight is 434 g/mol. The van der Waals surface area contributed by atoms with Crippen LogP contribution in [0, 0.1) is 0 Å². The van der Waals surface area contributed by atoms with Gasteiger partial charge in [-0.1, -0.05) is 39.1 Å². The standard InChI is InChI=1S/C15H11BrCl2N2O2S/c1-22-13-5-3-9(17)7-10(13)14(21)20-15(23)19-12-4-2-8(16)6-11(12)18/h2-7H,1H3,(H2,19,20,21,23). The van der Waals surface area contributed by atoms with Crippen LogP contribution >= 0.6 is 51.3 Å². The zero-order chi connectivity index (χ0) is 17.0. The third-order valence-electron chi connectivity index (χ3n) is 2.81. The van der Waals surface area contributed by atoms with Crippen molar-refractivity contribution >= 4 is 68.1 Å². The van der Waals surface area contributed by atoms with E-state index >= 15 is 0 Å². The minimum absolute atomic E-state index is 0.112. The molecule has 0 heterocycles. The fourth-order valence-electron chi connectivity index (χ4n) is 1.77.